The number of aliphatic imine (C=N–C) groups is 1. The summed E-state index contributed by atoms with van der Waals surface area (Å²) in [6.07, 6.45) is 3.39. The number of anilines is 1. The fourth-order valence-electron chi connectivity index (χ4n) is 2.70. The number of hydrogen-bond acceptors (Lipinski definition) is 5. The fourth-order valence-corrected chi connectivity index (χ4v) is 2.70. The molecule has 1 aliphatic heterocycles. The Bertz CT molecular complexity index is 781. The Morgan fingerprint density at radius 2 is 1.89 bits per heavy atom. The van der Waals surface area contributed by atoms with Gasteiger partial charge in [-0.05, 0) is 23.8 Å². The molecule has 0 spiro atoms. The minimum atomic E-state index is -3.07. The van der Waals surface area contributed by atoms with Gasteiger partial charge in [-0.15, -0.1) is 0 Å². The van der Waals surface area contributed by atoms with E-state index in [9.17, 15) is 13.2 Å². The highest BCUT2D eigenvalue weighted by atomic mass is 19.3. The summed E-state index contributed by atoms with van der Waals surface area (Å²) in [4.78, 5) is 16.7. The number of benzene rings is 1. The second-order valence-corrected chi connectivity index (χ2v) is 5.84. The van der Waals surface area contributed by atoms with Gasteiger partial charge in [-0.1, -0.05) is 6.07 Å². The number of halogens is 3. The number of piperazine rings is 1. The van der Waals surface area contributed by atoms with Crippen LogP contribution < -0.4 is 15.4 Å². The molecule has 0 bridgehead atoms. The number of guanidine groups is 1. The molecular formula is C17H19F3N6O. The Balaban J connectivity index is 1.55. The van der Waals surface area contributed by atoms with E-state index in [-0.39, 0.29) is 6.54 Å². The number of aromatic nitrogens is 2. The van der Waals surface area contributed by atoms with Gasteiger partial charge in [0.1, 0.15) is 0 Å². The minimum Gasteiger partial charge on any atom is -0.432 e. The monoisotopic (exact) mass is 380 g/mol. The molecule has 0 radical (unpaired) electrons. The molecule has 1 aromatic heterocycles. The maximum absolute atomic E-state index is 13.7. The van der Waals surface area contributed by atoms with Gasteiger partial charge in [-0.2, -0.15) is 8.78 Å². The first-order chi connectivity index (χ1) is 13.0. The molecule has 7 nitrogen and oxygen atoms in total. The summed E-state index contributed by atoms with van der Waals surface area (Å²) in [5.41, 5.74) is 6.53. The molecule has 2 N–H and O–H groups in total. The maximum atomic E-state index is 13.7. The van der Waals surface area contributed by atoms with Gasteiger partial charge in [0.05, 0.1) is 6.54 Å². The first-order valence-corrected chi connectivity index (χ1v) is 8.33. The number of ether oxygens (including phenoxy) is 1. The Kier molecular flexibility index (Phi) is 5.94. The third kappa shape index (κ3) is 4.99. The van der Waals surface area contributed by atoms with E-state index in [1.54, 1.807) is 18.5 Å². The molecule has 1 aliphatic rings. The molecule has 3 rings (SSSR count). The van der Waals surface area contributed by atoms with Crippen LogP contribution in [0, 0.1) is 5.82 Å². The highest BCUT2D eigenvalue weighted by Gasteiger charge is 2.20. The average Bonchev–Trinajstić information content (AvgIpc) is 2.68. The Morgan fingerprint density at radius 3 is 2.52 bits per heavy atom. The van der Waals surface area contributed by atoms with Crippen LogP contribution in [0.5, 0.6) is 5.75 Å². The van der Waals surface area contributed by atoms with Crippen molar-refractivity contribution in [1.29, 1.82) is 0 Å². The van der Waals surface area contributed by atoms with E-state index >= 15 is 0 Å². The third-order valence-electron chi connectivity index (χ3n) is 4.07. The summed E-state index contributed by atoms with van der Waals surface area (Å²) >= 11 is 0. The lowest BCUT2D eigenvalue weighted by Crippen LogP contribution is -2.51. The summed E-state index contributed by atoms with van der Waals surface area (Å²) in [5, 5.41) is 0. The lowest BCUT2D eigenvalue weighted by atomic mass is 10.2. The molecule has 1 fully saturated rings. The van der Waals surface area contributed by atoms with Crippen LogP contribution in [0.3, 0.4) is 0 Å². The van der Waals surface area contributed by atoms with E-state index in [4.69, 9.17) is 5.73 Å². The summed E-state index contributed by atoms with van der Waals surface area (Å²) in [6.45, 7) is -0.214. The van der Waals surface area contributed by atoms with Crippen LogP contribution >= 0.6 is 0 Å². The van der Waals surface area contributed by atoms with Gasteiger partial charge in [0, 0.05) is 38.6 Å². The van der Waals surface area contributed by atoms with Crippen LogP contribution in [0.4, 0.5) is 19.1 Å². The van der Waals surface area contributed by atoms with E-state index in [0.717, 1.165) is 12.1 Å². The molecule has 2 heterocycles. The summed E-state index contributed by atoms with van der Waals surface area (Å²) in [7, 11) is 0. The van der Waals surface area contributed by atoms with Crippen molar-refractivity contribution in [3.63, 3.8) is 0 Å². The molecular weight excluding hydrogens is 361 g/mol. The van der Waals surface area contributed by atoms with Crippen LogP contribution in [0.15, 0.2) is 41.7 Å². The fraction of sp³-hybridized carbons (Fsp3) is 0.353. The van der Waals surface area contributed by atoms with E-state index in [2.05, 4.69) is 24.6 Å². The molecule has 27 heavy (non-hydrogen) atoms. The second-order valence-electron chi connectivity index (χ2n) is 5.84. The summed E-state index contributed by atoms with van der Waals surface area (Å²) in [6, 6.07) is 5.50. The Hall–Kier alpha value is -3.04. The van der Waals surface area contributed by atoms with Crippen LogP contribution in [-0.2, 0) is 6.54 Å². The lowest BCUT2D eigenvalue weighted by molar-refractivity contribution is -0.0522. The van der Waals surface area contributed by atoms with Crippen molar-refractivity contribution >= 4 is 11.9 Å². The number of alkyl halides is 2. The minimum absolute atomic E-state index is 0.139. The molecule has 144 valence electrons. The Morgan fingerprint density at radius 1 is 1.19 bits per heavy atom. The van der Waals surface area contributed by atoms with Crippen molar-refractivity contribution in [2.45, 2.75) is 13.2 Å². The zero-order valence-electron chi connectivity index (χ0n) is 14.4. The smallest absolute Gasteiger partial charge is 0.387 e. The van der Waals surface area contributed by atoms with Crippen molar-refractivity contribution in [3.8, 4) is 5.75 Å². The topological polar surface area (TPSA) is 79.9 Å². The standard InChI is InChI=1S/C17H19F3N6O/c18-13-10-12(2-3-14(13)27-15(19)20)11-24-16(21)25-6-8-26(9-7-25)17-22-4-1-5-23-17/h1-5,10,15H,6-9,11H2,(H2,21,24). The zero-order valence-corrected chi connectivity index (χ0v) is 14.4. The quantitative estimate of drug-likeness (QED) is 0.630. The molecule has 1 aromatic carbocycles. The van der Waals surface area contributed by atoms with E-state index in [0.29, 0.717) is 43.7 Å². The van der Waals surface area contributed by atoms with Gasteiger partial charge < -0.3 is 20.3 Å². The van der Waals surface area contributed by atoms with Crippen molar-refractivity contribution in [1.82, 2.24) is 14.9 Å². The summed E-state index contributed by atoms with van der Waals surface area (Å²) in [5.74, 6) is -0.339. The Labute approximate surface area is 154 Å². The predicted molar refractivity (Wildman–Crippen MR) is 94.2 cm³/mol. The van der Waals surface area contributed by atoms with Gasteiger partial charge >= 0.3 is 6.61 Å². The molecule has 0 aliphatic carbocycles. The molecule has 0 saturated carbocycles. The van der Waals surface area contributed by atoms with Gasteiger partial charge in [-0.25, -0.2) is 19.4 Å². The zero-order chi connectivity index (χ0) is 19.2. The highest BCUT2D eigenvalue weighted by Crippen LogP contribution is 2.21. The first-order valence-electron chi connectivity index (χ1n) is 8.33. The molecule has 2 aromatic rings. The predicted octanol–water partition coefficient (Wildman–Crippen LogP) is 1.85. The van der Waals surface area contributed by atoms with Crippen LogP contribution in [-0.4, -0.2) is 53.6 Å². The molecule has 0 atom stereocenters. The number of nitrogens with two attached hydrogens (primary N) is 1. The van der Waals surface area contributed by atoms with E-state index in [1.165, 1.54) is 6.07 Å². The van der Waals surface area contributed by atoms with E-state index in [1.807, 2.05) is 4.90 Å². The normalized spacial score (nSPS) is 15.3. The van der Waals surface area contributed by atoms with E-state index < -0.39 is 18.2 Å². The van der Waals surface area contributed by atoms with Gasteiger partial charge in [-0.3, -0.25) is 0 Å². The van der Waals surface area contributed by atoms with Crippen molar-refractivity contribution in [3.05, 3.63) is 48.0 Å². The molecule has 10 heteroatoms. The largest absolute Gasteiger partial charge is 0.432 e. The molecule has 0 amide bonds. The first kappa shape index (κ1) is 18.7. The number of hydrogen-bond donors (Lipinski definition) is 1. The van der Waals surface area contributed by atoms with Crippen molar-refractivity contribution in [2.24, 2.45) is 10.7 Å². The number of rotatable bonds is 5. The van der Waals surface area contributed by atoms with Crippen molar-refractivity contribution < 1.29 is 17.9 Å². The van der Waals surface area contributed by atoms with Gasteiger partial charge in [0.2, 0.25) is 5.95 Å². The second kappa shape index (κ2) is 8.56. The average molecular weight is 380 g/mol. The van der Waals surface area contributed by atoms with Crippen LogP contribution in [0.25, 0.3) is 0 Å². The van der Waals surface area contributed by atoms with Crippen LogP contribution in [0.1, 0.15) is 5.56 Å². The lowest BCUT2D eigenvalue weighted by Gasteiger charge is -2.35. The SMILES string of the molecule is NC(=NCc1ccc(OC(F)F)c(F)c1)N1CCN(c2ncccn2)CC1. The van der Waals surface area contributed by atoms with Crippen LogP contribution in [0.2, 0.25) is 0 Å². The van der Waals surface area contributed by atoms with Gasteiger partial charge in [0.15, 0.2) is 17.5 Å². The molecule has 0 unspecified atom stereocenters. The third-order valence-corrected chi connectivity index (χ3v) is 4.07. The van der Waals surface area contributed by atoms with Crippen molar-refractivity contribution in [2.75, 3.05) is 31.1 Å². The number of nitrogens with zero attached hydrogens (tertiary/aromatic N) is 5. The highest BCUT2D eigenvalue weighted by molar-refractivity contribution is 5.78. The van der Waals surface area contributed by atoms with Gasteiger partial charge in [0.25, 0.3) is 0 Å². The molecule has 1 saturated heterocycles. The maximum Gasteiger partial charge on any atom is 0.387 e. The summed E-state index contributed by atoms with van der Waals surface area (Å²) < 4.78 is 42.1.